The molecule has 0 fully saturated rings. The van der Waals surface area contributed by atoms with Crippen LogP contribution in [0.2, 0.25) is 0 Å². The predicted molar refractivity (Wildman–Crippen MR) is 82.4 cm³/mol. The Bertz CT molecular complexity index is 501. The Labute approximate surface area is 125 Å². The summed E-state index contributed by atoms with van der Waals surface area (Å²) in [6.45, 7) is 7.68. The van der Waals surface area contributed by atoms with Crippen molar-refractivity contribution in [3.63, 3.8) is 0 Å². The Kier molecular flexibility index (Phi) is 8.08. The van der Waals surface area contributed by atoms with E-state index in [0.717, 1.165) is 11.3 Å². The van der Waals surface area contributed by atoms with Crippen molar-refractivity contribution in [2.75, 3.05) is 19.0 Å². The smallest absolute Gasteiger partial charge is 0.327 e. The summed E-state index contributed by atoms with van der Waals surface area (Å²) in [4.78, 5) is 20.5. The third kappa shape index (κ3) is 6.76. The van der Waals surface area contributed by atoms with Crippen LogP contribution in [0.25, 0.3) is 0 Å². The lowest BCUT2D eigenvalue weighted by Gasteiger charge is -2.16. The van der Waals surface area contributed by atoms with E-state index in [1.54, 1.807) is 6.92 Å². The Balaban J connectivity index is 0.000000690. The summed E-state index contributed by atoms with van der Waals surface area (Å²) in [5, 5.41) is 10.8. The summed E-state index contributed by atoms with van der Waals surface area (Å²) in [5.41, 5.74) is 9.17. The zero-order chi connectivity index (χ0) is 16.6. The molecule has 1 aromatic rings. The van der Waals surface area contributed by atoms with Crippen molar-refractivity contribution in [3.05, 3.63) is 28.8 Å². The Morgan fingerprint density at radius 2 is 1.71 bits per heavy atom. The zero-order valence-electron chi connectivity index (χ0n) is 13.2. The van der Waals surface area contributed by atoms with E-state index < -0.39 is 5.97 Å². The minimum atomic E-state index is -0.968. The molecule has 4 N–H and O–H groups in total. The van der Waals surface area contributed by atoms with E-state index in [-0.39, 0.29) is 18.6 Å². The molecule has 0 saturated heterocycles. The third-order valence-electron chi connectivity index (χ3n) is 2.94. The first kappa shape index (κ1) is 18.9. The van der Waals surface area contributed by atoms with Crippen molar-refractivity contribution in [1.29, 1.82) is 0 Å². The number of ether oxygens (including phenoxy) is 1. The quantitative estimate of drug-likeness (QED) is 0.730. The number of esters is 1. The van der Waals surface area contributed by atoms with Crippen molar-refractivity contribution < 1.29 is 19.4 Å². The maximum atomic E-state index is 11.3. The zero-order valence-corrected chi connectivity index (χ0v) is 13.2. The molecule has 0 aliphatic carbocycles. The van der Waals surface area contributed by atoms with Gasteiger partial charge in [-0.15, -0.1) is 0 Å². The maximum Gasteiger partial charge on any atom is 0.327 e. The molecule has 0 saturated carbocycles. The third-order valence-corrected chi connectivity index (χ3v) is 2.94. The SMILES string of the molecule is COC(=O)[C@H](C)Nc1cc(C)c(C)cc1C.NCC(=O)O. The van der Waals surface area contributed by atoms with Gasteiger partial charge in [-0.2, -0.15) is 0 Å². The molecule has 0 aliphatic rings. The molecule has 0 bridgehead atoms. The number of hydrogen-bond acceptors (Lipinski definition) is 5. The van der Waals surface area contributed by atoms with Crippen molar-refractivity contribution >= 4 is 17.6 Å². The van der Waals surface area contributed by atoms with Gasteiger partial charge in [0.25, 0.3) is 0 Å². The molecule has 0 heterocycles. The van der Waals surface area contributed by atoms with Gasteiger partial charge in [0.1, 0.15) is 6.04 Å². The molecule has 0 unspecified atom stereocenters. The Morgan fingerprint density at radius 3 is 2.14 bits per heavy atom. The van der Waals surface area contributed by atoms with Crippen molar-refractivity contribution in [1.82, 2.24) is 0 Å². The average molecular weight is 296 g/mol. The molecule has 0 aliphatic heterocycles. The lowest BCUT2D eigenvalue weighted by atomic mass is 10.0. The molecule has 0 amide bonds. The molecule has 1 atom stereocenters. The number of nitrogens with one attached hydrogen (secondary N) is 1. The molecule has 6 nitrogen and oxygen atoms in total. The van der Waals surface area contributed by atoms with E-state index in [1.165, 1.54) is 18.2 Å². The van der Waals surface area contributed by atoms with Gasteiger partial charge in [0.15, 0.2) is 0 Å². The summed E-state index contributed by atoms with van der Waals surface area (Å²) in [6.07, 6.45) is 0. The van der Waals surface area contributed by atoms with Crippen molar-refractivity contribution in [3.8, 4) is 0 Å². The van der Waals surface area contributed by atoms with Gasteiger partial charge in [0.2, 0.25) is 0 Å². The van der Waals surface area contributed by atoms with Crippen molar-refractivity contribution in [2.45, 2.75) is 33.7 Å². The van der Waals surface area contributed by atoms with Crippen LogP contribution >= 0.6 is 0 Å². The van der Waals surface area contributed by atoms with Gasteiger partial charge in [-0.05, 0) is 50.5 Å². The summed E-state index contributed by atoms with van der Waals surface area (Å²) >= 11 is 0. The number of nitrogens with two attached hydrogens (primary N) is 1. The number of benzene rings is 1. The highest BCUT2D eigenvalue weighted by molar-refractivity contribution is 5.79. The number of rotatable bonds is 4. The van der Waals surface area contributed by atoms with E-state index in [2.05, 4.69) is 41.8 Å². The molecule has 118 valence electrons. The molecule has 1 aromatic carbocycles. The molecular weight excluding hydrogens is 272 g/mol. The number of carbonyl (C=O) groups excluding carboxylic acids is 1. The highest BCUT2D eigenvalue weighted by atomic mass is 16.5. The maximum absolute atomic E-state index is 11.3. The molecule has 21 heavy (non-hydrogen) atoms. The Morgan fingerprint density at radius 1 is 1.24 bits per heavy atom. The van der Waals surface area contributed by atoms with Gasteiger partial charge < -0.3 is 20.9 Å². The number of carbonyl (C=O) groups is 2. The van der Waals surface area contributed by atoms with Gasteiger partial charge >= 0.3 is 11.9 Å². The molecule has 0 radical (unpaired) electrons. The van der Waals surface area contributed by atoms with Gasteiger partial charge in [0.05, 0.1) is 13.7 Å². The molecule has 1 rings (SSSR count). The van der Waals surface area contributed by atoms with Crippen LogP contribution in [0, 0.1) is 20.8 Å². The summed E-state index contributed by atoms with van der Waals surface area (Å²) in [6, 6.07) is 3.84. The van der Waals surface area contributed by atoms with Crippen LogP contribution in [0.15, 0.2) is 12.1 Å². The highest BCUT2D eigenvalue weighted by Gasteiger charge is 2.13. The van der Waals surface area contributed by atoms with Crippen LogP contribution in [-0.2, 0) is 14.3 Å². The van der Waals surface area contributed by atoms with Crippen LogP contribution in [0.4, 0.5) is 5.69 Å². The second kappa shape index (κ2) is 8.97. The fourth-order valence-corrected chi connectivity index (χ4v) is 1.58. The van der Waals surface area contributed by atoms with Crippen LogP contribution < -0.4 is 11.1 Å². The minimum Gasteiger partial charge on any atom is -0.480 e. The van der Waals surface area contributed by atoms with Crippen LogP contribution in [0.1, 0.15) is 23.6 Å². The fraction of sp³-hybridized carbons (Fsp3) is 0.467. The first-order valence-electron chi connectivity index (χ1n) is 6.57. The normalized spacial score (nSPS) is 11.0. The average Bonchev–Trinajstić information content (AvgIpc) is 2.44. The van der Waals surface area contributed by atoms with Gasteiger partial charge in [0, 0.05) is 5.69 Å². The second-order valence-electron chi connectivity index (χ2n) is 4.74. The van der Waals surface area contributed by atoms with Crippen LogP contribution in [0.5, 0.6) is 0 Å². The predicted octanol–water partition coefficient (Wildman–Crippen LogP) is 1.61. The number of carboxylic acid groups (broad SMARTS) is 1. The van der Waals surface area contributed by atoms with E-state index in [1.807, 2.05) is 6.92 Å². The lowest BCUT2D eigenvalue weighted by Crippen LogP contribution is -2.27. The molecule has 0 aromatic heterocycles. The number of aliphatic carboxylic acids is 1. The molecule has 6 heteroatoms. The largest absolute Gasteiger partial charge is 0.480 e. The van der Waals surface area contributed by atoms with E-state index >= 15 is 0 Å². The monoisotopic (exact) mass is 296 g/mol. The van der Waals surface area contributed by atoms with Crippen LogP contribution in [0.3, 0.4) is 0 Å². The minimum absolute atomic E-state index is 0.252. The fourth-order valence-electron chi connectivity index (χ4n) is 1.58. The van der Waals surface area contributed by atoms with E-state index in [9.17, 15) is 9.59 Å². The second-order valence-corrected chi connectivity index (χ2v) is 4.74. The number of methoxy groups -OCH3 is 1. The highest BCUT2D eigenvalue weighted by Crippen LogP contribution is 2.20. The van der Waals surface area contributed by atoms with Crippen molar-refractivity contribution in [2.24, 2.45) is 5.73 Å². The van der Waals surface area contributed by atoms with Gasteiger partial charge in [-0.3, -0.25) is 4.79 Å². The first-order chi connectivity index (χ1) is 9.72. The van der Waals surface area contributed by atoms with E-state index in [0.29, 0.717) is 0 Å². The van der Waals surface area contributed by atoms with Gasteiger partial charge in [-0.1, -0.05) is 6.07 Å². The van der Waals surface area contributed by atoms with Crippen LogP contribution in [-0.4, -0.2) is 36.7 Å². The lowest BCUT2D eigenvalue weighted by molar-refractivity contribution is -0.141. The molecule has 0 spiro atoms. The topological polar surface area (TPSA) is 102 Å². The molecular formula is C15H24N2O4. The van der Waals surface area contributed by atoms with E-state index in [4.69, 9.17) is 5.11 Å². The number of carboxylic acids is 1. The number of aryl methyl sites for hydroxylation is 3. The first-order valence-corrected chi connectivity index (χ1v) is 6.57. The van der Waals surface area contributed by atoms with Gasteiger partial charge in [-0.25, -0.2) is 4.79 Å². The number of anilines is 1. The summed E-state index contributed by atoms with van der Waals surface area (Å²) in [5.74, 6) is -1.22. The standard InChI is InChI=1S/C13H19NO2.C2H5NO2/c1-8-6-10(3)12(7-9(8)2)14-11(4)13(15)16-5;3-1-2(4)5/h6-7,11,14H,1-5H3;1,3H2,(H,4,5)/t11-;/m0./s1. The Hall–Kier alpha value is -2.08. The summed E-state index contributed by atoms with van der Waals surface area (Å²) in [7, 11) is 1.40. The summed E-state index contributed by atoms with van der Waals surface area (Å²) < 4.78 is 4.68. The number of hydrogen-bond donors (Lipinski definition) is 3.